The van der Waals surface area contributed by atoms with Gasteiger partial charge < -0.3 is 11.5 Å². The van der Waals surface area contributed by atoms with Crippen molar-refractivity contribution in [3.8, 4) is 20.9 Å². The Morgan fingerprint density at radius 1 is 0.591 bits per heavy atom. The Morgan fingerprint density at radius 3 is 1.41 bits per heavy atom. The number of nitrogens with two attached hydrogens (primary N) is 2. The van der Waals surface area contributed by atoms with Crippen LogP contribution in [0.4, 0.5) is 11.4 Å². The van der Waals surface area contributed by atoms with E-state index in [9.17, 15) is 0 Å². The normalized spacial score (nSPS) is 11.1. The van der Waals surface area contributed by atoms with Crippen molar-refractivity contribution >= 4 is 43.4 Å². The minimum Gasteiger partial charge on any atom is -0.398 e. The van der Waals surface area contributed by atoms with Gasteiger partial charge in [0, 0.05) is 41.7 Å². The maximum absolute atomic E-state index is 6.08. The first-order valence-electron chi connectivity index (χ1n) is 6.95. The van der Waals surface area contributed by atoms with Crippen molar-refractivity contribution in [1.29, 1.82) is 0 Å². The van der Waals surface area contributed by atoms with Gasteiger partial charge in [-0.15, -0.1) is 22.7 Å². The number of hydrogen-bond acceptors (Lipinski definition) is 4. The molecule has 2 heterocycles. The molecule has 0 atom stereocenters. The van der Waals surface area contributed by atoms with Crippen LogP contribution in [0.3, 0.4) is 0 Å². The van der Waals surface area contributed by atoms with Gasteiger partial charge in [0.1, 0.15) is 0 Å². The van der Waals surface area contributed by atoms with E-state index in [1.807, 2.05) is 36.4 Å². The monoisotopic (exact) mass is 322 g/mol. The largest absolute Gasteiger partial charge is 0.398 e. The highest BCUT2D eigenvalue weighted by Gasteiger charge is 2.12. The lowest BCUT2D eigenvalue weighted by molar-refractivity contribution is 1.68. The van der Waals surface area contributed by atoms with Crippen LogP contribution in [-0.2, 0) is 0 Å². The first-order valence-corrected chi connectivity index (χ1v) is 8.59. The number of anilines is 2. The predicted octanol–water partition coefficient (Wildman–Crippen LogP) is 5.46. The van der Waals surface area contributed by atoms with Crippen LogP contribution in [-0.4, -0.2) is 0 Å². The third-order valence-corrected chi connectivity index (χ3v) is 6.02. The molecular weight excluding hydrogens is 308 g/mol. The molecule has 0 amide bonds. The third-order valence-electron chi connectivity index (χ3n) is 3.66. The lowest BCUT2D eigenvalue weighted by atomic mass is 10.1. The van der Waals surface area contributed by atoms with Gasteiger partial charge in [0.15, 0.2) is 0 Å². The molecule has 0 aliphatic carbocycles. The third kappa shape index (κ3) is 2.17. The fraction of sp³-hybridized carbons (Fsp3) is 0. The van der Waals surface area contributed by atoms with Crippen LogP contribution in [0.1, 0.15) is 0 Å². The molecule has 4 aromatic rings. The molecule has 2 aromatic heterocycles. The maximum atomic E-state index is 6.08. The van der Waals surface area contributed by atoms with Gasteiger partial charge >= 0.3 is 0 Å². The molecule has 0 spiro atoms. The standard InChI is InChI=1S/C18H14N2S2/c19-13-7-3-1-5-11(13)15-9-17-18(21-15)10-16(22-17)12-6-2-4-8-14(12)20/h1-10H,19-20H2. The quantitative estimate of drug-likeness (QED) is 0.481. The molecule has 0 aliphatic rings. The highest BCUT2D eigenvalue weighted by molar-refractivity contribution is 7.31. The Hall–Kier alpha value is -2.30. The van der Waals surface area contributed by atoms with Crippen LogP contribution < -0.4 is 11.5 Å². The van der Waals surface area contributed by atoms with Crippen LogP contribution in [0.2, 0.25) is 0 Å². The summed E-state index contributed by atoms with van der Waals surface area (Å²) in [5.74, 6) is 0. The van der Waals surface area contributed by atoms with Gasteiger partial charge in [0.25, 0.3) is 0 Å². The molecule has 22 heavy (non-hydrogen) atoms. The molecule has 2 nitrogen and oxygen atoms in total. The Morgan fingerprint density at radius 2 is 1.00 bits per heavy atom. The number of nitrogen functional groups attached to an aromatic ring is 2. The second-order valence-electron chi connectivity index (χ2n) is 5.12. The van der Waals surface area contributed by atoms with Gasteiger partial charge in [-0.05, 0) is 24.3 Å². The molecule has 2 aromatic carbocycles. The molecule has 4 rings (SSSR count). The molecule has 4 heteroatoms. The molecule has 0 bridgehead atoms. The van der Waals surface area contributed by atoms with E-state index in [-0.39, 0.29) is 0 Å². The summed E-state index contributed by atoms with van der Waals surface area (Å²) in [5, 5.41) is 0. The van der Waals surface area contributed by atoms with Gasteiger partial charge in [-0.1, -0.05) is 36.4 Å². The molecule has 0 saturated carbocycles. The Bertz CT molecular complexity index is 860. The fourth-order valence-corrected chi connectivity index (χ4v) is 5.03. The lowest BCUT2D eigenvalue weighted by Gasteiger charge is -2.02. The molecule has 4 N–H and O–H groups in total. The highest BCUT2D eigenvalue weighted by Crippen LogP contribution is 2.43. The van der Waals surface area contributed by atoms with E-state index in [0.29, 0.717) is 0 Å². The zero-order valence-electron chi connectivity index (χ0n) is 11.7. The molecule has 0 saturated heterocycles. The first kappa shape index (κ1) is 13.4. The summed E-state index contributed by atoms with van der Waals surface area (Å²) in [6.45, 7) is 0. The van der Waals surface area contributed by atoms with Crippen molar-refractivity contribution in [3.63, 3.8) is 0 Å². The zero-order valence-corrected chi connectivity index (χ0v) is 13.4. The Balaban J connectivity index is 1.81. The van der Waals surface area contributed by atoms with E-state index in [1.165, 1.54) is 19.2 Å². The molecule has 0 fully saturated rings. The lowest BCUT2D eigenvalue weighted by Crippen LogP contribution is -1.87. The SMILES string of the molecule is Nc1ccccc1-c1cc2sc(-c3ccccc3N)cc2s1. The van der Waals surface area contributed by atoms with Gasteiger partial charge in [-0.3, -0.25) is 0 Å². The molecular formula is C18H14N2S2. The summed E-state index contributed by atoms with van der Waals surface area (Å²) in [6, 6.07) is 20.4. The van der Waals surface area contributed by atoms with Crippen molar-refractivity contribution in [2.75, 3.05) is 11.5 Å². The van der Waals surface area contributed by atoms with Crippen LogP contribution in [0.15, 0.2) is 60.7 Å². The predicted molar refractivity (Wildman–Crippen MR) is 99.4 cm³/mol. The van der Waals surface area contributed by atoms with E-state index < -0.39 is 0 Å². The summed E-state index contributed by atoms with van der Waals surface area (Å²) >= 11 is 3.55. The maximum Gasteiger partial charge on any atom is 0.0463 e. The van der Waals surface area contributed by atoms with Crippen LogP contribution >= 0.6 is 22.7 Å². The first-order chi connectivity index (χ1) is 10.7. The summed E-state index contributed by atoms with van der Waals surface area (Å²) in [4.78, 5) is 2.43. The van der Waals surface area contributed by atoms with Crippen molar-refractivity contribution in [2.45, 2.75) is 0 Å². The van der Waals surface area contributed by atoms with Gasteiger partial charge in [0.05, 0.1) is 0 Å². The molecule has 108 valence electrons. The number of hydrogen-bond donors (Lipinski definition) is 2. The molecule has 0 unspecified atom stereocenters. The van der Waals surface area contributed by atoms with Crippen molar-refractivity contribution in [3.05, 3.63) is 60.7 Å². The number of para-hydroxylation sites is 2. The van der Waals surface area contributed by atoms with E-state index >= 15 is 0 Å². The van der Waals surface area contributed by atoms with Crippen molar-refractivity contribution < 1.29 is 0 Å². The fourth-order valence-electron chi connectivity index (χ4n) is 2.54. The van der Waals surface area contributed by atoms with Gasteiger partial charge in [-0.2, -0.15) is 0 Å². The number of benzene rings is 2. The zero-order chi connectivity index (χ0) is 15.1. The minimum absolute atomic E-state index is 0.823. The number of fused-ring (bicyclic) bond motifs is 1. The average molecular weight is 322 g/mol. The highest BCUT2D eigenvalue weighted by atomic mass is 32.1. The summed E-state index contributed by atoms with van der Waals surface area (Å²) < 4.78 is 2.56. The van der Waals surface area contributed by atoms with Crippen LogP contribution in [0.5, 0.6) is 0 Å². The smallest absolute Gasteiger partial charge is 0.0463 e. The van der Waals surface area contributed by atoms with E-state index in [4.69, 9.17) is 11.5 Å². The van der Waals surface area contributed by atoms with Crippen LogP contribution in [0.25, 0.3) is 30.3 Å². The Kier molecular flexibility index (Phi) is 3.13. The number of thiophene rings is 2. The molecule has 0 radical (unpaired) electrons. The van der Waals surface area contributed by atoms with E-state index in [1.54, 1.807) is 22.7 Å². The summed E-state index contributed by atoms with van der Waals surface area (Å²) in [5.41, 5.74) is 16.0. The minimum atomic E-state index is 0.823. The summed E-state index contributed by atoms with van der Waals surface area (Å²) in [7, 11) is 0. The van der Waals surface area contributed by atoms with Crippen molar-refractivity contribution in [1.82, 2.24) is 0 Å². The number of rotatable bonds is 2. The average Bonchev–Trinajstić information content (AvgIpc) is 3.06. The molecule has 0 aliphatic heterocycles. The van der Waals surface area contributed by atoms with Crippen LogP contribution in [0, 0.1) is 0 Å². The van der Waals surface area contributed by atoms with E-state index in [0.717, 1.165) is 22.5 Å². The topological polar surface area (TPSA) is 52.0 Å². The Labute approximate surface area is 136 Å². The second-order valence-corrected chi connectivity index (χ2v) is 7.29. The van der Waals surface area contributed by atoms with E-state index in [2.05, 4.69) is 24.3 Å². The van der Waals surface area contributed by atoms with Crippen molar-refractivity contribution in [2.24, 2.45) is 0 Å². The van der Waals surface area contributed by atoms with Gasteiger partial charge in [-0.25, -0.2) is 0 Å². The van der Waals surface area contributed by atoms with Gasteiger partial charge in [0.2, 0.25) is 0 Å². The second kappa shape index (κ2) is 5.16. The summed E-state index contributed by atoms with van der Waals surface area (Å²) in [6.07, 6.45) is 0.